The van der Waals surface area contributed by atoms with Gasteiger partial charge in [-0.2, -0.15) is 9.41 Å². The monoisotopic (exact) mass is 459 g/mol. The molecule has 6 nitrogen and oxygen atoms in total. The standard InChI is InChI=1S/C20H18BrN3O3S/c1-24(14-20(25)23-22-13-17-8-4-5-9-19(17)21)28(26,27)18-11-10-15-6-2-3-7-16(15)12-18/h2-13H,14H2,1H3,(H,23,25)/b22-13-. The molecule has 0 aliphatic rings. The number of hydrogen-bond donors (Lipinski definition) is 1. The second-order valence-corrected chi connectivity index (χ2v) is 8.98. The first kappa shape index (κ1) is 20.2. The molecule has 0 spiro atoms. The van der Waals surface area contributed by atoms with Gasteiger partial charge >= 0.3 is 0 Å². The number of carbonyl (C=O) groups is 1. The molecular formula is C20H18BrN3O3S. The van der Waals surface area contributed by atoms with Crippen LogP contribution in [0.1, 0.15) is 5.56 Å². The number of nitrogens with zero attached hydrogens (tertiary/aromatic N) is 2. The predicted molar refractivity (Wildman–Crippen MR) is 114 cm³/mol. The second kappa shape index (κ2) is 8.64. The quantitative estimate of drug-likeness (QED) is 0.453. The fourth-order valence-electron chi connectivity index (χ4n) is 2.58. The van der Waals surface area contributed by atoms with Crippen LogP contribution in [-0.4, -0.2) is 38.4 Å². The van der Waals surface area contributed by atoms with Gasteiger partial charge in [0.05, 0.1) is 17.7 Å². The van der Waals surface area contributed by atoms with Gasteiger partial charge in [-0.1, -0.05) is 64.5 Å². The zero-order chi connectivity index (χ0) is 20.1. The molecule has 3 aromatic carbocycles. The van der Waals surface area contributed by atoms with Crippen LogP contribution in [0.5, 0.6) is 0 Å². The van der Waals surface area contributed by atoms with Crippen LogP contribution in [0.3, 0.4) is 0 Å². The van der Waals surface area contributed by atoms with E-state index in [9.17, 15) is 13.2 Å². The summed E-state index contributed by atoms with van der Waals surface area (Å²) in [5.41, 5.74) is 3.14. The summed E-state index contributed by atoms with van der Waals surface area (Å²) in [6.45, 7) is -0.345. The summed E-state index contributed by atoms with van der Waals surface area (Å²) in [7, 11) is -2.43. The van der Waals surface area contributed by atoms with Gasteiger partial charge in [-0.25, -0.2) is 13.8 Å². The van der Waals surface area contributed by atoms with Crippen LogP contribution in [-0.2, 0) is 14.8 Å². The van der Waals surface area contributed by atoms with Gasteiger partial charge in [-0.15, -0.1) is 0 Å². The van der Waals surface area contributed by atoms with Crippen molar-refractivity contribution < 1.29 is 13.2 Å². The zero-order valence-electron chi connectivity index (χ0n) is 15.0. The van der Waals surface area contributed by atoms with Crippen molar-refractivity contribution in [3.05, 3.63) is 76.8 Å². The van der Waals surface area contributed by atoms with Crippen molar-refractivity contribution in [3.63, 3.8) is 0 Å². The summed E-state index contributed by atoms with van der Waals surface area (Å²) in [4.78, 5) is 12.2. The number of sulfonamides is 1. The number of amides is 1. The zero-order valence-corrected chi connectivity index (χ0v) is 17.4. The number of hydrogen-bond acceptors (Lipinski definition) is 4. The molecular weight excluding hydrogens is 442 g/mol. The van der Waals surface area contributed by atoms with Crippen LogP contribution in [0.15, 0.2) is 81.2 Å². The number of rotatable bonds is 6. The van der Waals surface area contributed by atoms with E-state index < -0.39 is 15.9 Å². The molecule has 8 heteroatoms. The lowest BCUT2D eigenvalue weighted by Crippen LogP contribution is -2.36. The molecule has 0 heterocycles. The Morgan fingerprint density at radius 1 is 1.07 bits per heavy atom. The molecule has 3 rings (SSSR count). The minimum Gasteiger partial charge on any atom is -0.272 e. The van der Waals surface area contributed by atoms with E-state index in [1.807, 2.05) is 48.5 Å². The van der Waals surface area contributed by atoms with E-state index in [1.165, 1.54) is 19.3 Å². The normalized spacial score (nSPS) is 12.0. The predicted octanol–water partition coefficient (Wildman–Crippen LogP) is 3.37. The van der Waals surface area contributed by atoms with Gasteiger partial charge in [0, 0.05) is 17.1 Å². The highest BCUT2D eigenvalue weighted by atomic mass is 79.9. The third-order valence-corrected chi connectivity index (χ3v) is 6.62. The first-order chi connectivity index (χ1) is 13.4. The van der Waals surface area contributed by atoms with E-state index in [1.54, 1.807) is 12.1 Å². The first-order valence-corrected chi connectivity index (χ1v) is 10.6. The molecule has 1 amide bonds. The molecule has 0 aliphatic carbocycles. The molecule has 0 aliphatic heterocycles. The smallest absolute Gasteiger partial charge is 0.255 e. The highest BCUT2D eigenvalue weighted by Gasteiger charge is 2.23. The van der Waals surface area contributed by atoms with Crippen LogP contribution in [0.4, 0.5) is 0 Å². The Kier molecular flexibility index (Phi) is 6.23. The highest BCUT2D eigenvalue weighted by Crippen LogP contribution is 2.21. The number of halogens is 1. The number of carbonyl (C=O) groups excluding carboxylic acids is 1. The third kappa shape index (κ3) is 4.64. The van der Waals surface area contributed by atoms with Gasteiger partial charge < -0.3 is 0 Å². The van der Waals surface area contributed by atoms with Crippen molar-refractivity contribution >= 4 is 48.8 Å². The Hall–Kier alpha value is -2.55. The lowest BCUT2D eigenvalue weighted by molar-refractivity contribution is -0.121. The van der Waals surface area contributed by atoms with Crippen LogP contribution in [0.2, 0.25) is 0 Å². The van der Waals surface area contributed by atoms with Crippen molar-refractivity contribution in [2.24, 2.45) is 5.10 Å². The summed E-state index contributed by atoms with van der Waals surface area (Å²) in [6.07, 6.45) is 1.49. The Balaban J connectivity index is 1.67. The Bertz CT molecular complexity index is 1150. The largest absolute Gasteiger partial charge is 0.272 e. The maximum Gasteiger partial charge on any atom is 0.255 e. The maximum absolute atomic E-state index is 12.8. The van der Waals surface area contributed by atoms with E-state index >= 15 is 0 Å². The van der Waals surface area contributed by atoms with Gasteiger partial charge in [0.15, 0.2) is 0 Å². The van der Waals surface area contributed by atoms with Gasteiger partial charge in [-0.3, -0.25) is 4.79 Å². The molecule has 0 saturated heterocycles. The molecule has 0 radical (unpaired) electrons. The van der Waals surface area contributed by atoms with Gasteiger partial charge in [0.2, 0.25) is 10.0 Å². The van der Waals surface area contributed by atoms with Crippen molar-refractivity contribution in [2.75, 3.05) is 13.6 Å². The van der Waals surface area contributed by atoms with Crippen molar-refractivity contribution in [1.29, 1.82) is 0 Å². The van der Waals surface area contributed by atoms with Crippen LogP contribution in [0.25, 0.3) is 10.8 Å². The second-order valence-electron chi connectivity index (χ2n) is 6.08. The number of likely N-dealkylation sites (N-methyl/N-ethyl adjacent to an activating group) is 1. The molecule has 0 atom stereocenters. The van der Waals surface area contributed by atoms with Gasteiger partial charge in [-0.05, 0) is 29.0 Å². The topological polar surface area (TPSA) is 78.8 Å². The summed E-state index contributed by atoms with van der Waals surface area (Å²) in [5, 5.41) is 5.64. The van der Waals surface area contributed by atoms with Crippen molar-refractivity contribution in [2.45, 2.75) is 4.90 Å². The summed E-state index contributed by atoms with van der Waals surface area (Å²) in [5.74, 6) is -0.532. The minimum absolute atomic E-state index is 0.137. The number of fused-ring (bicyclic) bond motifs is 1. The molecule has 28 heavy (non-hydrogen) atoms. The Morgan fingerprint density at radius 2 is 1.75 bits per heavy atom. The molecule has 0 saturated carbocycles. The molecule has 144 valence electrons. The van der Waals surface area contributed by atoms with E-state index in [-0.39, 0.29) is 11.4 Å². The third-order valence-electron chi connectivity index (χ3n) is 4.09. The van der Waals surface area contributed by atoms with E-state index in [4.69, 9.17) is 0 Å². The van der Waals surface area contributed by atoms with Crippen molar-refractivity contribution in [3.8, 4) is 0 Å². The molecule has 0 aromatic heterocycles. The maximum atomic E-state index is 12.8. The Labute approximate surface area is 172 Å². The molecule has 3 aromatic rings. The first-order valence-electron chi connectivity index (χ1n) is 8.39. The van der Waals surface area contributed by atoms with Crippen molar-refractivity contribution in [1.82, 2.24) is 9.73 Å². The molecule has 0 unspecified atom stereocenters. The number of benzene rings is 3. The average molecular weight is 460 g/mol. The van der Waals surface area contributed by atoms with E-state index in [2.05, 4.69) is 26.5 Å². The minimum atomic E-state index is -3.80. The van der Waals surface area contributed by atoms with Crippen LogP contribution in [0, 0.1) is 0 Å². The highest BCUT2D eigenvalue weighted by molar-refractivity contribution is 9.10. The van der Waals surface area contributed by atoms with Gasteiger partial charge in [0.25, 0.3) is 5.91 Å². The SMILES string of the molecule is CN(CC(=O)N/N=C\c1ccccc1Br)S(=O)(=O)c1ccc2ccccc2c1. The lowest BCUT2D eigenvalue weighted by atomic mass is 10.1. The summed E-state index contributed by atoms with van der Waals surface area (Å²) in [6, 6.07) is 19.8. The van der Waals surface area contributed by atoms with Gasteiger partial charge in [0.1, 0.15) is 0 Å². The Morgan fingerprint density at radius 3 is 2.50 bits per heavy atom. The summed E-state index contributed by atoms with van der Waals surface area (Å²) >= 11 is 3.38. The number of nitrogens with one attached hydrogen (secondary N) is 1. The summed E-state index contributed by atoms with van der Waals surface area (Å²) < 4.78 is 27.3. The molecule has 1 N–H and O–H groups in total. The van der Waals surface area contributed by atoms with E-state index in [0.29, 0.717) is 0 Å². The fourth-order valence-corrected chi connectivity index (χ4v) is 4.13. The van der Waals surface area contributed by atoms with E-state index in [0.717, 1.165) is 25.1 Å². The lowest BCUT2D eigenvalue weighted by Gasteiger charge is -2.16. The van der Waals surface area contributed by atoms with Crippen LogP contribution < -0.4 is 5.43 Å². The number of hydrazone groups is 1. The molecule has 0 bridgehead atoms. The molecule has 0 fully saturated rings. The fraction of sp³-hybridized carbons (Fsp3) is 0.100. The average Bonchev–Trinajstić information content (AvgIpc) is 2.69. The van der Waals surface area contributed by atoms with Crippen LogP contribution >= 0.6 is 15.9 Å².